The minimum Gasteiger partial charge on any atom is -0.0984 e. The summed E-state index contributed by atoms with van der Waals surface area (Å²) < 4.78 is 0. The van der Waals surface area contributed by atoms with Crippen molar-refractivity contribution in [1.29, 1.82) is 0 Å². The maximum absolute atomic E-state index is 4.48. The molecule has 0 aromatic heterocycles. The van der Waals surface area contributed by atoms with Crippen molar-refractivity contribution in [2.45, 2.75) is 70.6 Å². The molecule has 342 valence electrons. The summed E-state index contributed by atoms with van der Waals surface area (Å²) in [4.78, 5) is 0. The maximum Gasteiger partial charge on any atom is 0.0155 e. The van der Waals surface area contributed by atoms with Crippen LogP contribution in [0.5, 0.6) is 0 Å². The summed E-state index contributed by atoms with van der Waals surface area (Å²) in [7, 11) is 0. The summed E-state index contributed by atoms with van der Waals surface area (Å²) in [6.07, 6.45) is 42.7. The minimum absolute atomic E-state index is 0.0237. The molecule has 0 saturated carbocycles. The zero-order valence-electron chi connectivity index (χ0n) is 41.2. The Hall–Kier alpha value is -7.02. The molecule has 0 aliphatic heterocycles. The van der Waals surface area contributed by atoms with Crippen LogP contribution in [0.15, 0.2) is 235 Å². The van der Waals surface area contributed by atoms with Gasteiger partial charge in [-0.05, 0) is 160 Å². The third-order valence-corrected chi connectivity index (χ3v) is 18.0. The first-order valence-corrected chi connectivity index (χ1v) is 26.0. The molecule has 9 aliphatic carbocycles. The molecule has 5 atom stereocenters. The lowest BCUT2D eigenvalue weighted by Gasteiger charge is -2.39. The smallest absolute Gasteiger partial charge is 0.0155 e. The molecule has 70 heavy (non-hydrogen) atoms. The molecule has 0 spiro atoms. The van der Waals surface area contributed by atoms with Crippen molar-refractivity contribution in [1.82, 2.24) is 0 Å². The van der Waals surface area contributed by atoms with E-state index in [9.17, 15) is 0 Å². The molecule has 0 bridgehead atoms. The summed E-state index contributed by atoms with van der Waals surface area (Å²) in [6, 6.07) is 35.3. The van der Waals surface area contributed by atoms with Gasteiger partial charge in [0.25, 0.3) is 0 Å². The van der Waals surface area contributed by atoms with E-state index < -0.39 is 0 Å². The van der Waals surface area contributed by atoms with Crippen molar-refractivity contribution < 1.29 is 0 Å². The van der Waals surface area contributed by atoms with E-state index in [0.717, 1.165) is 32.1 Å². The van der Waals surface area contributed by atoms with E-state index in [2.05, 4.69) is 229 Å². The SMILES string of the molecule is C=CC1=C(C2=CC3=C(CC2)c2ccccc2C3(C)C)C2C=CC=CC2C(c2ccc(C3=CC=C4c5ccc(C6=c7ccccc7=C(C7=CC=CCC7)C7C=CC=CC67)cc5C(C)(C)C4C3)cc2)=C1C=C. The van der Waals surface area contributed by atoms with Gasteiger partial charge in [-0.3, -0.25) is 0 Å². The Balaban J connectivity index is 0.837. The van der Waals surface area contributed by atoms with Crippen LogP contribution in [0.25, 0.3) is 33.4 Å². The summed E-state index contributed by atoms with van der Waals surface area (Å²) in [5, 5.41) is 2.79. The summed E-state index contributed by atoms with van der Waals surface area (Å²) in [5.41, 5.74) is 26.7. The quantitative estimate of drug-likeness (QED) is 0.173. The van der Waals surface area contributed by atoms with Crippen LogP contribution in [-0.4, -0.2) is 0 Å². The van der Waals surface area contributed by atoms with Crippen LogP contribution < -0.4 is 10.4 Å². The van der Waals surface area contributed by atoms with Crippen LogP contribution in [-0.2, 0) is 10.8 Å². The van der Waals surface area contributed by atoms with E-state index in [1.165, 1.54) is 116 Å². The molecule has 13 rings (SSSR count). The fourth-order valence-electron chi connectivity index (χ4n) is 14.6. The Morgan fingerprint density at radius 3 is 1.86 bits per heavy atom. The van der Waals surface area contributed by atoms with E-state index in [1.54, 1.807) is 0 Å². The minimum atomic E-state index is -0.0280. The molecule has 0 nitrogen and oxygen atoms in total. The van der Waals surface area contributed by atoms with Gasteiger partial charge < -0.3 is 0 Å². The molecule has 9 aliphatic rings. The van der Waals surface area contributed by atoms with Gasteiger partial charge in [-0.15, -0.1) is 0 Å². The molecule has 5 unspecified atom stereocenters. The molecule has 0 amide bonds. The summed E-state index contributed by atoms with van der Waals surface area (Å²) >= 11 is 0. The van der Waals surface area contributed by atoms with Gasteiger partial charge in [0.05, 0.1) is 0 Å². The topological polar surface area (TPSA) is 0 Å². The average molecular weight is 903 g/mol. The molecular formula is C70H62. The van der Waals surface area contributed by atoms with E-state index in [0.29, 0.717) is 17.8 Å². The Kier molecular flexibility index (Phi) is 10.0. The van der Waals surface area contributed by atoms with Gasteiger partial charge in [0.15, 0.2) is 0 Å². The second-order valence-electron chi connectivity index (χ2n) is 22.1. The van der Waals surface area contributed by atoms with Gasteiger partial charge in [0.1, 0.15) is 0 Å². The molecule has 4 aromatic carbocycles. The Bertz CT molecular complexity index is 3530. The number of hydrogen-bond donors (Lipinski definition) is 0. The molecule has 0 saturated heterocycles. The van der Waals surface area contributed by atoms with Crippen molar-refractivity contribution in [2.75, 3.05) is 0 Å². The molecule has 4 aromatic rings. The van der Waals surface area contributed by atoms with E-state index in [1.807, 2.05) is 0 Å². The highest BCUT2D eigenvalue weighted by Crippen LogP contribution is 2.58. The van der Waals surface area contributed by atoms with Crippen LogP contribution in [0, 0.1) is 29.6 Å². The van der Waals surface area contributed by atoms with E-state index >= 15 is 0 Å². The summed E-state index contributed by atoms with van der Waals surface area (Å²) in [5.74, 6) is 1.46. The van der Waals surface area contributed by atoms with Crippen LogP contribution in [0.4, 0.5) is 0 Å². The lowest BCUT2D eigenvalue weighted by molar-refractivity contribution is 0.418. The van der Waals surface area contributed by atoms with Crippen molar-refractivity contribution >= 4 is 33.4 Å². The standard InChI is InChI=1S/C70H62/c1-7-49-50(8-2)67(47-35-38-52-51-22-18-19-29-61(51)69(3,4)63(52)41-47)58-26-15-12-23-55(58)65(49)45-32-30-43(31-33-45)46-34-37-53-54-39-36-48(42-64(54)70(5,6)62(53)40-46)68-59-27-16-13-24-56(59)66(44-20-10-9-11-21-44)57-25-14-17-28-60(57)68/h7-10,12-20,22-34,36-37,39,41-42,55-56,58-59,62H,1-2,11,21,35,38,40H2,3-6H3. The largest absolute Gasteiger partial charge is 0.0984 e. The number of rotatable bonds is 7. The Labute approximate surface area is 415 Å². The number of allylic oxidation sites excluding steroid dienone is 26. The van der Waals surface area contributed by atoms with Crippen LogP contribution in [0.3, 0.4) is 0 Å². The van der Waals surface area contributed by atoms with Gasteiger partial charge in [-0.2, -0.15) is 0 Å². The monoisotopic (exact) mass is 902 g/mol. The fraction of sp³-hybridized carbons (Fsp3) is 0.229. The van der Waals surface area contributed by atoms with Gasteiger partial charge in [-0.25, -0.2) is 0 Å². The normalized spacial score (nSPS) is 26.0. The Morgan fingerprint density at radius 2 is 1.14 bits per heavy atom. The maximum atomic E-state index is 4.48. The van der Waals surface area contributed by atoms with Crippen molar-refractivity contribution in [3.8, 4) is 0 Å². The van der Waals surface area contributed by atoms with Crippen molar-refractivity contribution in [2.24, 2.45) is 29.6 Å². The third kappa shape index (κ3) is 6.34. The highest BCUT2D eigenvalue weighted by Gasteiger charge is 2.45. The number of benzene rings is 4. The highest BCUT2D eigenvalue weighted by molar-refractivity contribution is 5.90. The molecular weight excluding hydrogens is 841 g/mol. The molecule has 0 heterocycles. The van der Waals surface area contributed by atoms with Gasteiger partial charge in [-0.1, -0.05) is 229 Å². The lowest BCUT2D eigenvalue weighted by Crippen LogP contribution is -2.40. The zero-order valence-corrected chi connectivity index (χ0v) is 41.2. The van der Waals surface area contributed by atoms with Crippen molar-refractivity contribution in [3.05, 3.63) is 284 Å². The zero-order chi connectivity index (χ0) is 47.5. The summed E-state index contributed by atoms with van der Waals surface area (Å²) in [6.45, 7) is 18.7. The second kappa shape index (κ2) is 16.3. The molecule has 0 fully saturated rings. The van der Waals surface area contributed by atoms with Gasteiger partial charge >= 0.3 is 0 Å². The lowest BCUT2D eigenvalue weighted by atomic mass is 9.65. The first-order chi connectivity index (χ1) is 34.2. The first kappa shape index (κ1) is 43.0. The third-order valence-electron chi connectivity index (χ3n) is 18.0. The van der Waals surface area contributed by atoms with Crippen LogP contribution >= 0.6 is 0 Å². The fourth-order valence-corrected chi connectivity index (χ4v) is 14.6. The van der Waals surface area contributed by atoms with E-state index in [4.69, 9.17) is 0 Å². The highest BCUT2D eigenvalue weighted by atomic mass is 14.5. The first-order valence-electron chi connectivity index (χ1n) is 26.0. The van der Waals surface area contributed by atoms with Crippen LogP contribution in [0.1, 0.15) is 98.7 Å². The molecule has 0 N–H and O–H groups in total. The van der Waals surface area contributed by atoms with Crippen molar-refractivity contribution in [3.63, 3.8) is 0 Å². The van der Waals surface area contributed by atoms with Crippen LogP contribution in [0.2, 0.25) is 0 Å². The number of fused-ring (bicyclic) bond motifs is 8. The number of hydrogen-bond acceptors (Lipinski definition) is 0. The predicted octanol–water partition coefficient (Wildman–Crippen LogP) is 15.7. The van der Waals surface area contributed by atoms with E-state index in [-0.39, 0.29) is 22.7 Å². The second-order valence-corrected chi connectivity index (χ2v) is 22.1. The molecule has 0 radical (unpaired) electrons. The predicted molar refractivity (Wildman–Crippen MR) is 297 cm³/mol. The average Bonchev–Trinajstić information content (AvgIpc) is 3.77. The Morgan fingerprint density at radius 1 is 0.514 bits per heavy atom. The van der Waals surface area contributed by atoms with Gasteiger partial charge in [0.2, 0.25) is 0 Å². The van der Waals surface area contributed by atoms with Gasteiger partial charge in [0, 0.05) is 29.1 Å². The molecule has 0 heteroatoms.